The van der Waals surface area contributed by atoms with Gasteiger partial charge in [0.1, 0.15) is 0 Å². The highest BCUT2D eigenvalue weighted by Gasteiger charge is 2.11. The average Bonchev–Trinajstić information content (AvgIpc) is 2.35. The topological polar surface area (TPSA) is 47.6 Å². The van der Waals surface area contributed by atoms with Crippen LogP contribution in [0.5, 0.6) is 0 Å². The molecular weight excluding hydrogens is 302 g/mol. The smallest absolute Gasteiger partial charge is 0.207 e. The van der Waals surface area contributed by atoms with Gasteiger partial charge in [0.25, 0.3) is 0 Å². The number of hydrogen-bond acceptors (Lipinski definition) is 3. The maximum absolute atomic E-state index is 10.4. The lowest BCUT2D eigenvalue weighted by atomic mass is 9.86. The summed E-state index contributed by atoms with van der Waals surface area (Å²) in [5.41, 5.74) is 0.522. The molecule has 146 valence electrons. The fourth-order valence-electron chi connectivity index (χ4n) is 2.36. The molecule has 4 heteroatoms. The molecule has 1 N–H and O–H groups in total. The van der Waals surface area contributed by atoms with Gasteiger partial charge in [-0.1, -0.05) is 62.3 Å². The van der Waals surface area contributed by atoms with Crippen LogP contribution in [0.25, 0.3) is 0 Å². The molecule has 0 radical (unpaired) electrons. The van der Waals surface area contributed by atoms with Crippen molar-refractivity contribution < 1.29 is 14.3 Å². The van der Waals surface area contributed by atoms with Gasteiger partial charge in [0.2, 0.25) is 6.41 Å². The molecule has 0 atom stereocenters. The molecule has 0 bridgehead atoms. The van der Waals surface area contributed by atoms with Crippen LogP contribution in [0.1, 0.15) is 68.7 Å². The van der Waals surface area contributed by atoms with Gasteiger partial charge >= 0.3 is 0 Å². The SMILES string of the molecule is CC(C)CC(C)(C)C.CC(C)COCC(COCC(C)C)NC=O. The lowest BCUT2D eigenvalue weighted by molar-refractivity contribution is -0.111. The van der Waals surface area contributed by atoms with E-state index in [1.54, 1.807) is 0 Å². The van der Waals surface area contributed by atoms with Gasteiger partial charge in [0.05, 0.1) is 19.3 Å². The summed E-state index contributed by atoms with van der Waals surface area (Å²) in [6.07, 6.45) is 2.02. The largest absolute Gasteiger partial charge is 0.379 e. The van der Waals surface area contributed by atoms with Gasteiger partial charge in [0, 0.05) is 13.2 Å². The van der Waals surface area contributed by atoms with Crippen molar-refractivity contribution in [3.63, 3.8) is 0 Å². The molecule has 0 aromatic carbocycles. The van der Waals surface area contributed by atoms with Crippen molar-refractivity contribution in [1.82, 2.24) is 5.32 Å². The van der Waals surface area contributed by atoms with E-state index in [-0.39, 0.29) is 6.04 Å². The molecule has 0 heterocycles. The minimum Gasteiger partial charge on any atom is -0.379 e. The van der Waals surface area contributed by atoms with Gasteiger partial charge in [-0.3, -0.25) is 4.79 Å². The highest BCUT2D eigenvalue weighted by molar-refractivity contribution is 5.46. The van der Waals surface area contributed by atoms with E-state index in [0.29, 0.717) is 50.1 Å². The molecule has 0 unspecified atom stereocenters. The zero-order chi connectivity index (χ0) is 19.2. The summed E-state index contributed by atoms with van der Waals surface area (Å²) >= 11 is 0. The molecule has 0 aromatic heterocycles. The molecule has 0 aliphatic heterocycles. The lowest BCUT2D eigenvalue weighted by Gasteiger charge is -2.19. The Morgan fingerprint density at radius 3 is 1.42 bits per heavy atom. The number of carbonyl (C=O) groups excluding carboxylic acids is 1. The van der Waals surface area contributed by atoms with E-state index < -0.39 is 0 Å². The van der Waals surface area contributed by atoms with Crippen molar-refractivity contribution in [3.05, 3.63) is 0 Å². The second-order valence-corrected chi connectivity index (χ2v) is 9.00. The molecule has 1 amide bonds. The van der Waals surface area contributed by atoms with Crippen LogP contribution in [-0.4, -0.2) is 38.9 Å². The minimum atomic E-state index is -0.0463. The minimum absolute atomic E-state index is 0.0463. The van der Waals surface area contributed by atoms with E-state index in [2.05, 4.69) is 67.6 Å². The Kier molecular flexibility index (Phi) is 15.7. The fourth-order valence-corrected chi connectivity index (χ4v) is 2.36. The number of carbonyl (C=O) groups is 1. The van der Waals surface area contributed by atoms with Crippen LogP contribution < -0.4 is 5.32 Å². The molecule has 0 aliphatic carbocycles. The monoisotopic (exact) mass is 345 g/mol. The summed E-state index contributed by atoms with van der Waals surface area (Å²) in [7, 11) is 0. The van der Waals surface area contributed by atoms with Crippen molar-refractivity contribution in [3.8, 4) is 0 Å². The predicted octanol–water partition coefficient (Wildman–Crippen LogP) is 4.52. The lowest BCUT2D eigenvalue weighted by Crippen LogP contribution is -2.37. The molecule has 0 aromatic rings. The third-order valence-corrected chi connectivity index (χ3v) is 2.86. The zero-order valence-electron chi connectivity index (χ0n) is 17.6. The number of ether oxygens (including phenoxy) is 2. The fraction of sp³-hybridized carbons (Fsp3) is 0.950. The van der Waals surface area contributed by atoms with Gasteiger partial charge in [-0.2, -0.15) is 0 Å². The standard InChI is InChI=1S/C12H25NO3.C8H18/c1-10(2)5-15-7-12(13-9-14)8-16-6-11(3)4;1-7(2)6-8(3,4)5/h9-12H,5-8H2,1-4H3,(H,13,14);7H,6H2,1-5H3. The maximum Gasteiger partial charge on any atom is 0.207 e. The first kappa shape index (κ1) is 25.6. The second kappa shape index (κ2) is 14.7. The van der Waals surface area contributed by atoms with Crippen LogP contribution in [0.3, 0.4) is 0 Å². The number of hydrogen-bond donors (Lipinski definition) is 1. The van der Waals surface area contributed by atoms with Crippen LogP contribution in [0.2, 0.25) is 0 Å². The van der Waals surface area contributed by atoms with Crippen LogP contribution in [-0.2, 0) is 14.3 Å². The van der Waals surface area contributed by atoms with Crippen LogP contribution in [0.15, 0.2) is 0 Å². The molecule has 0 spiro atoms. The summed E-state index contributed by atoms with van der Waals surface area (Å²) in [5, 5.41) is 2.70. The third kappa shape index (κ3) is 23.7. The van der Waals surface area contributed by atoms with Gasteiger partial charge in [-0.05, 0) is 29.6 Å². The van der Waals surface area contributed by atoms with Crippen LogP contribution in [0, 0.1) is 23.2 Å². The first-order valence-corrected chi connectivity index (χ1v) is 9.33. The van der Waals surface area contributed by atoms with Crippen molar-refractivity contribution in [1.29, 1.82) is 0 Å². The number of nitrogens with one attached hydrogen (secondary N) is 1. The molecule has 0 aliphatic rings. The van der Waals surface area contributed by atoms with E-state index >= 15 is 0 Å². The highest BCUT2D eigenvalue weighted by atomic mass is 16.5. The van der Waals surface area contributed by atoms with E-state index in [4.69, 9.17) is 9.47 Å². The molecule has 0 saturated heterocycles. The molecule has 0 saturated carbocycles. The summed E-state index contributed by atoms with van der Waals surface area (Å²) in [6, 6.07) is -0.0463. The quantitative estimate of drug-likeness (QED) is 0.560. The Hall–Kier alpha value is -0.610. The van der Waals surface area contributed by atoms with Gasteiger partial charge < -0.3 is 14.8 Å². The van der Waals surface area contributed by atoms with Crippen molar-refractivity contribution in [2.24, 2.45) is 23.2 Å². The van der Waals surface area contributed by atoms with Gasteiger partial charge in [-0.25, -0.2) is 0 Å². The van der Waals surface area contributed by atoms with Crippen molar-refractivity contribution in [2.75, 3.05) is 26.4 Å². The average molecular weight is 346 g/mol. The Bertz CT molecular complexity index is 269. The summed E-state index contributed by atoms with van der Waals surface area (Å²) in [5.74, 6) is 1.86. The predicted molar refractivity (Wildman–Crippen MR) is 103 cm³/mol. The molecule has 4 nitrogen and oxygen atoms in total. The first-order valence-electron chi connectivity index (χ1n) is 9.33. The van der Waals surface area contributed by atoms with E-state index in [1.165, 1.54) is 6.42 Å². The zero-order valence-corrected chi connectivity index (χ0v) is 17.6. The normalized spacial score (nSPS) is 11.9. The van der Waals surface area contributed by atoms with Crippen LogP contribution in [0.4, 0.5) is 0 Å². The van der Waals surface area contributed by atoms with Crippen LogP contribution >= 0.6 is 0 Å². The van der Waals surface area contributed by atoms with E-state index in [0.717, 1.165) is 5.92 Å². The number of rotatable bonds is 11. The third-order valence-electron chi connectivity index (χ3n) is 2.86. The van der Waals surface area contributed by atoms with Crippen molar-refractivity contribution in [2.45, 2.75) is 74.8 Å². The molecule has 0 fully saturated rings. The maximum atomic E-state index is 10.4. The van der Waals surface area contributed by atoms with E-state index in [9.17, 15) is 4.79 Å². The number of amides is 1. The Morgan fingerprint density at radius 2 is 1.21 bits per heavy atom. The molecule has 24 heavy (non-hydrogen) atoms. The van der Waals surface area contributed by atoms with Gasteiger partial charge in [0.15, 0.2) is 0 Å². The second-order valence-electron chi connectivity index (χ2n) is 9.00. The summed E-state index contributed by atoms with van der Waals surface area (Å²) in [4.78, 5) is 10.4. The molecule has 0 rings (SSSR count). The Balaban J connectivity index is 0. The van der Waals surface area contributed by atoms with E-state index in [1.807, 2.05) is 0 Å². The Morgan fingerprint density at radius 1 is 0.792 bits per heavy atom. The first-order chi connectivity index (χ1) is 11.0. The summed E-state index contributed by atoms with van der Waals surface area (Å²) in [6.45, 7) is 22.2. The summed E-state index contributed by atoms with van der Waals surface area (Å²) < 4.78 is 10.9. The van der Waals surface area contributed by atoms with Crippen molar-refractivity contribution >= 4 is 6.41 Å². The van der Waals surface area contributed by atoms with Gasteiger partial charge in [-0.15, -0.1) is 0 Å². The molecular formula is C20H43NO3. The Labute approximate surface area is 151 Å². The highest BCUT2D eigenvalue weighted by Crippen LogP contribution is 2.23.